The van der Waals surface area contributed by atoms with Crippen molar-refractivity contribution in [2.24, 2.45) is 0 Å². The van der Waals surface area contributed by atoms with Gasteiger partial charge < -0.3 is 9.63 Å². The fourth-order valence-electron chi connectivity index (χ4n) is 2.17. The van der Waals surface area contributed by atoms with E-state index in [1.54, 1.807) is 0 Å². The van der Waals surface area contributed by atoms with Crippen molar-refractivity contribution in [1.29, 1.82) is 0 Å². The molecule has 1 aliphatic rings. The largest absolute Gasteiger partial charge is 0.389 e. The zero-order valence-electron chi connectivity index (χ0n) is 9.20. The molecule has 1 saturated carbocycles. The highest BCUT2D eigenvalue weighted by molar-refractivity contribution is 4.94. The highest BCUT2D eigenvalue weighted by atomic mass is 16.5. The third kappa shape index (κ3) is 2.56. The number of aromatic nitrogens is 2. The summed E-state index contributed by atoms with van der Waals surface area (Å²) < 4.78 is 5.10. The monoisotopic (exact) mass is 210 g/mol. The van der Waals surface area contributed by atoms with Gasteiger partial charge in [0.15, 0.2) is 5.82 Å². The van der Waals surface area contributed by atoms with E-state index in [1.807, 2.05) is 6.92 Å². The van der Waals surface area contributed by atoms with Crippen molar-refractivity contribution < 1.29 is 9.63 Å². The molecule has 0 aromatic carbocycles. The van der Waals surface area contributed by atoms with Crippen molar-refractivity contribution in [1.82, 2.24) is 10.1 Å². The van der Waals surface area contributed by atoms with Crippen LogP contribution in [-0.2, 0) is 12.8 Å². The third-order valence-electron chi connectivity index (χ3n) is 3.09. The molecule has 1 aromatic heterocycles. The Bertz CT molecular complexity index is 316. The molecule has 1 N–H and O–H groups in total. The molecule has 0 radical (unpaired) electrons. The number of aryl methyl sites for hydroxylation is 1. The van der Waals surface area contributed by atoms with E-state index in [2.05, 4.69) is 10.1 Å². The number of hydrogen-bond donors (Lipinski definition) is 1. The van der Waals surface area contributed by atoms with Crippen molar-refractivity contribution in [2.45, 2.75) is 57.5 Å². The summed E-state index contributed by atoms with van der Waals surface area (Å²) in [5.74, 6) is 1.31. The van der Waals surface area contributed by atoms with Crippen LogP contribution in [-0.4, -0.2) is 20.8 Å². The van der Waals surface area contributed by atoms with Gasteiger partial charge in [0.1, 0.15) is 0 Å². The Labute approximate surface area is 89.7 Å². The van der Waals surface area contributed by atoms with Gasteiger partial charge in [-0.25, -0.2) is 0 Å². The van der Waals surface area contributed by atoms with E-state index in [4.69, 9.17) is 4.52 Å². The van der Waals surface area contributed by atoms with Crippen LogP contribution in [0.25, 0.3) is 0 Å². The summed E-state index contributed by atoms with van der Waals surface area (Å²) in [6.45, 7) is 1.99. The van der Waals surface area contributed by atoms with Crippen LogP contribution in [0.2, 0.25) is 0 Å². The van der Waals surface area contributed by atoms with Gasteiger partial charge in [-0.05, 0) is 12.8 Å². The fourth-order valence-corrected chi connectivity index (χ4v) is 2.17. The van der Waals surface area contributed by atoms with Gasteiger partial charge in [-0.1, -0.05) is 31.3 Å². The summed E-state index contributed by atoms with van der Waals surface area (Å²) in [5.41, 5.74) is -0.601. The molecule has 0 bridgehead atoms. The summed E-state index contributed by atoms with van der Waals surface area (Å²) in [6.07, 6.45) is 6.44. The molecule has 4 heteroatoms. The van der Waals surface area contributed by atoms with E-state index in [1.165, 1.54) is 6.42 Å². The van der Waals surface area contributed by atoms with Gasteiger partial charge in [-0.3, -0.25) is 0 Å². The highest BCUT2D eigenvalue weighted by Gasteiger charge is 2.31. The molecular weight excluding hydrogens is 192 g/mol. The molecule has 1 aromatic rings. The van der Waals surface area contributed by atoms with Gasteiger partial charge in [-0.15, -0.1) is 0 Å². The predicted molar refractivity (Wildman–Crippen MR) is 55.4 cm³/mol. The van der Waals surface area contributed by atoms with E-state index in [-0.39, 0.29) is 0 Å². The molecule has 15 heavy (non-hydrogen) atoms. The molecule has 4 nitrogen and oxygen atoms in total. The zero-order valence-corrected chi connectivity index (χ0v) is 9.20. The number of aliphatic hydroxyl groups is 1. The molecule has 0 aliphatic heterocycles. The van der Waals surface area contributed by atoms with Crippen LogP contribution in [0.15, 0.2) is 4.52 Å². The molecule has 0 unspecified atom stereocenters. The number of rotatable bonds is 3. The lowest BCUT2D eigenvalue weighted by Gasteiger charge is -2.30. The first kappa shape index (κ1) is 10.6. The van der Waals surface area contributed by atoms with Gasteiger partial charge in [0.05, 0.1) is 12.0 Å². The van der Waals surface area contributed by atoms with E-state index < -0.39 is 5.60 Å². The van der Waals surface area contributed by atoms with E-state index in [9.17, 15) is 5.11 Å². The second-order valence-corrected chi connectivity index (χ2v) is 4.42. The second-order valence-electron chi connectivity index (χ2n) is 4.42. The van der Waals surface area contributed by atoms with Gasteiger partial charge >= 0.3 is 0 Å². The Morgan fingerprint density at radius 1 is 1.33 bits per heavy atom. The lowest BCUT2D eigenvalue weighted by molar-refractivity contribution is -0.00181. The highest BCUT2D eigenvalue weighted by Crippen LogP contribution is 2.30. The Morgan fingerprint density at radius 3 is 2.67 bits per heavy atom. The summed E-state index contributed by atoms with van der Waals surface area (Å²) in [7, 11) is 0. The Kier molecular flexibility index (Phi) is 3.05. The van der Waals surface area contributed by atoms with Gasteiger partial charge in [0, 0.05) is 6.42 Å². The quantitative estimate of drug-likeness (QED) is 0.827. The van der Waals surface area contributed by atoms with Crippen LogP contribution in [0.3, 0.4) is 0 Å². The SMILES string of the molecule is CCc1noc(CC2(O)CCCCC2)n1. The molecule has 2 rings (SSSR count). The summed E-state index contributed by atoms with van der Waals surface area (Å²) in [6, 6.07) is 0. The van der Waals surface area contributed by atoms with Crippen molar-refractivity contribution in [3.05, 3.63) is 11.7 Å². The molecule has 1 fully saturated rings. The second kappa shape index (κ2) is 4.31. The standard InChI is InChI=1S/C11H18N2O2/c1-2-9-12-10(15-13-9)8-11(14)6-4-3-5-7-11/h14H,2-8H2,1H3. The number of hydrogen-bond acceptors (Lipinski definition) is 4. The van der Waals surface area contributed by atoms with Crippen LogP contribution in [0.1, 0.15) is 50.7 Å². The molecule has 0 spiro atoms. The summed E-state index contributed by atoms with van der Waals surface area (Å²) >= 11 is 0. The maximum absolute atomic E-state index is 10.3. The normalized spacial score (nSPS) is 20.4. The third-order valence-corrected chi connectivity index (χ3v) is 3.09. The minimum atomic E-state index is -0.601. The fraction of sp³-hybridized carbons (Fsp3) is 0.818. The summed E-state index contributed by atoms with van der Waals surface area (Å²) in [4.78, 5) is 4.23. The maximum Gasteiger partial charge on any atom is 0.229 e. The van der Waals surface area contributed by atoms with Crippen LogP contribution in [0, 0.1) is 0 Å². The molecule has 1 aliphatic carbocycles. The van der Waals surface area contributed by atoms with Crippen LogP contribution in [0.4, 0.5) is 0 Å². The first-order chi connectivity index (χ1) is 7.22. The van der Waals surface area contributed by atoms with Crippen LogP contribution in [0.5, 0.6) is 0 Å². The smallest absolute Gasteiger partial charge is 0.229 e. The number of nitrogens with zero attached hydrogens (tertiary/aromatic N) is 2. The average Bonchev–Trinajstić information content (AvgIpc) is 2.66. The van der Waals surface area contributed by atoms with Crippen molar-refractivity contribution in [3.63, 3.8) is 0 Å². The molecule has 1 heterocycles. The average molecular weight is 210 g/mol. The molecule has 0 atom stereocenters. The van der Waals surface area contributed by atoms with E-state index in [0.29, 0.717) is 12.3 Å². The van der Waals surface area contributed by atoms with Crippen LogP contribution >= 0.6 is 0 Å². The first-order valence-electron chi connectivity index (χ1n) is 5.76. The Balaban J connectivity index is 2.00. The molecule has 0 saturated heterocycles. The van der Waals surface area contributed by atoms with Crippen molar-refractivity contribution in [2.75, 3.05) is 0 Å². The van der Waals surface area contributed by atoms with Gasteiger partial charge in [-0.2, -0.15) is 4.98 Å². The summed E-state index contributed by atoms with van der Waals surface area (Å²) in [5, 5.41) is 14.1. The van der Waals surface area contributed by atoms with E-state index in [0.717, 1.165) is 37.9 Å². The molecular formula is C11H18N2O2. The first-order valence-corrected chi connectivity index (χ1v) is 5.76. The van der Waals surface area contributed by atoms with Gasteiger partial charge in [0.25, 0.3) is 0 Å². The topological polar surface area (TPSA) is 59.2 Å². The zero-order chi connectivity index (χ0) is 10.7. The van der Waals surface area contributed by atoms with Gasteiger partial charge in [0.2, 0.25) is 5.89 Å². The minimum absolute atomic E-state index is 0.514. The molecule has 0 amide bonds. The Morgan fingerprint density at radius 2 is 2.07 bits per heavy atom. The van der Waals surface area contributed by atoms with Crippen molar-refractivity contribution in [3.8, 4) is 0 Å². The van der Waals surface area contributed by atoms with Crippen LogP contribution < -0.4 is 0 Å². The minimum Gasteiger partial charge on any atom is -0.389 e. The lowest BCUT2D eigenvalue weighted by Crippen LogP contribution is -2.33. The Hall–Kier alpha value is -0.900. The van der Waals surface area contributed by atoms with E-state index >= 15 is 0 Å². The maximum atomic E-state index is 10.3. The predicted octanol–water partition coefficient (Wildman–Crippen LogP) is 1.87. The lowest BCUT2D eigenvalue weighted by atomic mass is 9.82. The molecule has 84 valence electrons. The van der Waals surface area contributed by atoms with Crippen molar-refractivity contribution >= 4 is 0 Å².